The highest BCUT2D eigenvalue weighted by Crippen LogP contribution is 2.39. The SMILES string of the molecule is CC1C2SCCCC2CN1C. The Morgan fingerprint density at radius 2 is 2.27 bits per heavy atom. The second kappa shape index (κ2) is 2.98. The molecule has 0 aromatic carbocycles. The van der Waals surface area contributed by atoms with E-state index in [1.807, 2.05) is 0 Å². The van der Waals surface area contributed by atoms with Gasteiger partial charge < -0.3 is 4.90 Å². The van der Waals surface area contributed by atoms with Gasteiger partial charge in [-0.1, -0.05) is 0 Å². The number of nitrogens with zero attached hydrogens (tertiary/aromatic N) is 1. The molecule has 0 saturated carbocycles. The van der Waals surface area contributed by atoms with Crippen molar-refractivity contribution in [3.05, 3.63) is 0 Å². The molecule has 11 heavy (non-hydrogen) atoms. The van der Waals surface area contributed by atoms with Gasteiger partial charge in [-0.25, -0.2) is 0 Å². The van der Waals surface area contributed by atoms with E-state index in [-0.39, 0.29) is 0 Å². The summed E-state index contributed by atoms with van der Waals surface area (Å²) in [5, 5.41) is 0.953. The van der Waals surface area contributed by atoms with Crippen molar-refractivity contribution in [1.29, 1.82) is 0 Å². The molecule has 64 valence electrons. The molecule has 0 amide bonds. The lowest BCUT2D eigenvalue weighted by molar-refractivity contribution is 0.326. The highest BCUT2D eigenvalue weighted by molar-refractivity contribution is 8.00. The average Bonchev–Trinajstić information content (AvgIpc) is 2.30. The Kier molecular flexibility index (Phi) is 2.15. The monoisotopic (exact) mass is 171 g/mol. The van der Waals surface area contributed by atoms with Crippen LogP contribution in [0, 0.1) is 5.92 Å². The van der Waals surface area contributed by atoms with E-state index >= 15 is 0 Å². The molecular formula is C9H17NS. The summed E-state index contributed by atoms with van der Waals surface area (Å²) in [5.41, 5.74) is 0. The van der Waals surface area contributed by atoms with Crippen molar-refractivity contribution in [2.24, 2.45) is 5.92 Å². The third-order valence-electron chi connectivity index (χ3n) is 3.19. The first kappa shape index (κ1) is 7.93. The molecule has 3 atom stereocenters. The molecule has 0 aliphatic carbocycles. The van der Waals surface area contributed by atoms with Crippen LogP contribution in [-0.4, -0.2) is 35.5 Å². The maximum absolute atomic E-state index is 2.52. The fraction of sp³-hybridized carbons (Fsp3) is 1.00. The molecule has 2 aliphatic rings. The van der Waals surface area contributed by atoms with E-state index in [1.165, 1.54) is 25.1 Å². The summed E-state index contributed by atoms with van der Waals surface area (Å²) < 4.78 is 0. The standard InChI is InChI=1S/C9H17NS/c1-7-9-8(6-10(7)2)4-3-5-11-9/h7-9H,3-6H2,1-2H3. The topological polar surface area (TPSA) is 3.24 Å². The Morgan fingerprint density at radius 1 is 1.45 bits per heavy atom. The molecule has 2 saturated heterocycles. The molecule has 0 radical (unpaired) electrons. The van der Waals surface area contributed by atoms with Gasteiger partial charge >= 0.3 is 0 Å². The van der Waals surface area contributed by atoms with E-state index in [0.29, 0.717) is 0 Å². The summed E-state index contributed by atoms with van der Waals surface area (Å²) >= 11 is 2.20. The minimum atomic E-state index is 0.824. The summed E-state index contributed by atoms with van der Waals surface area (Å²) in [7, 11) is 2.27. The number of rotatable bonds is 0. The molecule has 0 aromatic rings. The molecule has 2 heteroatoms. The first-order valence-electron chi connectivity index (χ1n) is 4.61. The van der Waals surface area contributed by atoms with Gasteiger partial charge in [0.25, 0.3) is 0 Å². The van der Waals surface area contributed by atoms with Crippen LogP contribution in [-0.2, 0) is 0 Å². The highest BCUT2D eigenvalue weighted by atomic mass is 32.2. The summed E-state index contributed by atoms with van der Waals surface area (Å²) in [5.74, 6) is 2.41. The zero-order valence-electron chi connectivity index (χ0n) is 7.42. The summed E-state index contributed by atoms with van der Waals surface area (Å²) in [4.78, 5) is 2.52. The maximum atomic E-state index is 2.52. The summed E-state index contributed by atoms with van der Waals surface area (Å²) in [6.45, 7) is 3.72. The van der Waals surface area contributed by atoms with Gasteiger partial charge in [0, 0.05) is 17.8 Å². The molecule has 0 bridgehead atoms. The van der Waals surface area contributed by atoms with Crippen LogP contribution in [0.25, 0.3) is 0 Å². The molecule has 2 aliphatic heterocycles. The second-order valence-electron chi connectivity index (χ2n) is 3.92. The van der Waals surface area contributed by atoms with E-state index in [2.05, 4.69) is 30.6 Å². The number of likely N-dealkylation sites (tertiary alicyclic amines) is 1. The minimum absolute atomic E-state index is 0.824. The van der Waals surface area contributed by atoms with Crippen molar-refractivity contribution in [3.63, 3.8) is 0 Å². The predicted molar refractivity (Wildman–Crippen MR) is 51.1 cm³/mol. The van der Waals surface area contributed by atoms with Gasteiger partial charge in [-0.05, 0) is 38.5 Å². The Labute approximate surface area is 73.5 Å². The van der Waals surface area contributed by atoms with Crippen LogP contribution < -0.4 is 0 Å². The van der Waals surface area contributed by atoms with E-state index in [4.69, 9.17) is 0 Å². The van der Waals surface area contributed by atoms with Crippen LogP contribution >= 0.6 is 11.8 Å². The van der Waals surface area contributed by atoms with Gasteiger partial charge in [0.2, 0.25) is 0 Å². The molecule has 3 unspecified atom stereocenters. The fourth-order valence-electron chi connectivity index (χ4n) is 2.38. The van der Waals surface area contributed by atoms with Gasteiger partial charge in [-0.3, -0.25) is 0 Å². The third-order valence-corrected chi connectivity index (χ3v) is 4.88. The molecule has 2 fully saturated rings. The predicted octanol–water partition coefficient (Wildman–Crippen LogP) is 1.83. The first-order valence-corrected chi connectivity index (χ1v) is 5.66. The van der Waals surface area contributed by atoms with Gasteiger partial charge in [-0.2, -0.15) is 11.8 Å². The Morgan fingerprint density at radius 3 is 3.00 bits per heavy atom. The number of hydrogen-bond donors (Lipinski definition) is 0. The van der Waals surface area contributed by atoms with Crippen molar-refractivity contribution in [3.8, 4) is 0 Å². The summed E-state index contributed by atoms with van der Waals surface area (Å²) in [6.07, 6.45) is 2.93. The van der Waals surface area contributed by atoms with Crippen molar-refractivity contribution in [1.82, 2.24) is 4.90 Å². The lowest BCUT2D eigenvalue weighted by atomic mass is 10.00. The smallest absolute Gasteiger partial charge is 0.0241 e. The number of fused-ring (bicyclic) bond motifs is 1. The van der Waals surface area contributed by atoms with Crippen LogP contribution in [0.4, 0.5) is 0 Å². The Hall–Kier alpha value is 0.310. The largest absolute Gasteiger partial charge is 0.302 e. The Bertz CT molecular complexity index is 148. The number of hydrogen-bond acceptors (Lipinski definition) is 2. The molecule has 1 nitrogen and oxygen atoms in total. The van der Waals surface area contributed by atoms with Crippen LogP contribution in [0.2, 0.25) is 0 Å². The van der Waals surface area contributed by atoms with E-state index in [1.54, 1.807) is 0 Å². The van der Waals surface area contributed by atoms with Gasteiger partial charge in [0.15, 0.2) is 0 Å². The highest BCUT2D eigenvalue weighted by Gasteiger charge is 2.38. The lowest BCUT2D eigenvalue weighted by Gasteiger charge is -2.26. The third kappa shape index (κ3) is 1.31. The zero-order chi connectivity index (χ0) is 7.84. The van der Waals surface area contributed by atoms with E-state index in [0.717, 1.165) is 17.2 Å². The quantitative estimate of drug-likeness (QED) is 0.547. The van der Waals surface area contributed by atoms with Gasteiger partial charge in [0.05, 0.1) is 0 Å². The van der Waals surface area contributed by atoms with Crippen molar-refractivity contribution in [2.75, 3.05) is 19.3 Å². The molecule has 2 rings (SSSR count). The van der Waals surface area contributed by atoms with Crippen LogP contribution in [0.1, 0.15) is 19.8 Å². The molecule has 0 aromatic heterocycles. The van der Waals surface area contributed by atoms with Gasteiger partial charge in [-0.15, -0.1) is 0 Å². The fourth-order valence-corrected chi connectivity index (χ4v) is 3.97. The van der Waals surface area contributed by atoms with Crippen molar-refractivity contribution >= 4 is 11.8 Å². The first-order chi connectivity index (χ1) is 5.29. The zero-order valence-corrected chi connectivity index (χ0v) is 8.23. The maximum Gasteiger partial charge on any atom is 0.0241 e. The number of thioether (sulfide) groups is 1. The molecule has 0 N–H and O–H groups in total. The van der Waals surface area contributed by atoms with E-state index < -0.39 is 0 Å². The minimum Gasteiger partial charge on any atom is -0.302 e. The molecule has 0 spiro atoms. The Balaban J connectivity index is 2.05. The van der Waals surface area contributed by atoms with Crippen LogP contribution in [0.15, 0.2) is 0 Å². The lowest BCUT2D eigenvalue weighted by Crippen LogP contribution is -2.29. The summed E-state index contributed by atoms with van der Waals surface area (Å²) in [6, 6.07) is 0.824. The normalized spacial score (nSPS) is 45.8. The molecular weight excluding hydrogens is 154 g/mol. The van der Waals surface area contributed by atoms with Crippen molar-refractivity contribution in [2.45, 2.75) is 31.1 Å². The van der Waals surface area contributed by atoms with Gasteiger partial charge in [0.1, 0.15) is 0 Å². The average molecular weight is 171 g/mol. The van der Waals surface area contributed by atoms with Crippen LogP contribution in [0.3, 0.4) is 0 Å². The van der Waals surface area contributed by atoms with Crippen LogP contribution in [0.5, 0.6) is 0 Å². The second-order valence-corrected chi connectivity index (χ2v) is 5.20. The molecule has 2 heterocycles. The van der Waals surface area contributed by atoms with Crippen molar-refractivity contribution < 1.29 is 0 Å². The van der Waals surface area contributed by atoms with E-state index in [9.17, 15) is 0 Å².